The Balaban J connectivity index is -0.000000621. The van der Waals surface area contributed by atoms with Crippen LogP contribution in [0.15, 0.2) is 36.5 Å². The molecule has 0 bridgehead atoms. The van der Waals surface area contributed by atoms with Gasteiger partial charge in [-0.05, 0) is 184 Å². The molecule has 0 N–H and O–H groups in total. The molecule has 12 fully saturated rings. The minimum Gasteiger partial charge on any atom is 2.00 e. The number of fused-ring (bicyclic) bond motifs is 15. The summed E-state index contributed by atoms with van der Waals surface area (Å²) < 4.78 is 0. The van der Waals surface area contributed by atoms with Crippen molar-refractivity contribution in [3.63, 3.8) is 0 Å². The summed E-state index contributed by atoms with van der Waals surface area (Å²) in [6.45, 7) is 50.6. The molecule has 0 aromatic heterocycles. The van der Waals surface area contributed by atoms with Crippen LogP contribution < -0.4 is 17.0 Å². The summed E-state index contributed by atoms with van der Waals surface area (Å²) in [5.41, 5.74) is 8.30. The van der Waals surface area contributed by atoms with Crippen molar-refractivity contribution in [3.8, 4) is 0 Å². The van der Waals surface area contributed by atoms with Gasteiger partial charge in [-0.1, -0.05) is 295 Å². The Kier molecular flexibility index (Phi) is 53.5. The van der Waals surface area contributed by atoms with Gasteiger partial charge in [0.15, 0.2) is 0 Å². The topological polar surface area (TPSA) is 70.5 Å². The third kappa shape index (κ3) is 28.6. The predicted molar refractivity (Wildman–Crippen MR) is 448 cm³/mol. The summed E-state index contributed by atoms with van der Waals surface area (Å²) in [4.78, 5) is 16.3. The third-order valence-corrected chi connectivity index (χ3v) is 38.1. The fraction of sp³-hybridized carbons (Fsp3) is 0.859. The van der Waals surface area contributed by atoms with E-state index in [2.05, 4.69) is 112 Å². The minimum atomic E-state index is -1.54. The van der Waals surface area contributed by atoms with E-state index in [1.807, 2.05) is 0 Å². The van der Waals surface area contributed by atoms with Crippen molar-refractivity contribution in [2.45, 2.75) is 327 Å². The van der Waals surface area contributed by atoms with Crippen molar-refractivity contribution < 1.29 is 77.4 Å². The number of hydrogen-bond acceptors (Lipinski definition) is 0. The van der Waals surface area contributed by atoms with Crippen LogP contribution in [0.1, 0.15) is 255 Å². The molecule has 0 aromatic carbocycles. The van der Waals surface area contributed by atoms with Crippen LogP contribution in [0.2, 0.25) is 55.9 Å². The van der Waals surface area contributed by atoms with Gasteiger partial charge in [-0.3, -0.25) is 0 Å². The van der Waals surface area contributed by atoms with E-state index in [1.54, 1.807) is 44.9 Å². The van der Waals surface area contributed by atoms with Crippen LogP contribution >= 0.6 is 18.6 Å². The van der Waals surface area contributed by atoms with Gasteiger partial charge in [0.1, 0.15) is 0 Å². The molecule has 0 aromatic rings. The van der Waals surface area contributed by atoms with Crippen molar-refractivity contribution in [1.29, 1.82) is 0 Å². The maximum absolute atomic E-state index is 5.45. The Labute approximate surface area is 705 Å². The van der Waals surface area contributed by atoms with Gasteiger partial charge in [0.05, 0.1) is 0 Å². The SMILES string of the molecule is C=C1C2CCCCC2C2CC([Si](C)(C)[N-]C(C)(C)C)CC2C2CCCCC12.C=C1C2CCCCC2C2CC([Si](C)(C)[N-]C(C)(C)C)CC2C2CCCCC12.C=C1C2CCCCC2C2CC([Si](C)(C)[N-]C(C)(C)C)CC2C2CCCCC12.C[N-]C.C[N-]C.[Br-].[CH3-].[CH3-].[CH3-].[CH3-].[CH3-].[CH3-].[Cl][Ti][Cl].[Mg+2].[Ti+4].[Ti+4]. The van der Waals surface area contributed by atoms with Gasteiger partial charge < -0.3 is 87.1 Å². The molecule has 0 amide bonds. The molecular formula is C85H162BrCl2MgN5Si3Ti3-2. The van der Waals surface area contributed by atoms with Gasteiger partial charge in [0.2, 0.25) is 0 Å². The van der Waals surface area contributed by atoms with E-state index in [0.717, 1.165) is 123 Å². The number of nitrogens with zero attached hydrogens (tertiary/aromatic N) is 5. The van der Waals surface area contributed by atoms with Gasteiger partial charge in [-0.25, -0.2) is 0 Å². The standard InChI is InChI=1S/3C25H44NSi.2C2H6N.6CH3.BrH.2ClH.Mg.3Ti/c3*1-17-19-11-7-9-13-21(19)23-15-18(27(5,6)26-25(2,3)4)16-24(23)22-14-10-8-12-20(17)22;2*1-3-2;;;;;;;;;;;;;/h3*18-24H,1,7-16H2,2-6H3;2*1-2H3;6*1H3;3*1H;;;;/q11*-1;;;;2*+2;2*+4/p-3. The smallest absolute Gasteiger partial charge is 2.00 e. The van der Waals surface area contributed by atoms with Crippen LogP contribution in [0.4, 0.5) is 0 Å². The molecule has 0 radical (unpaired) electrons. The first-order valence-corrected chi connectivity index (χ1v) is 51.8. The molecule has 0 saturated heterocycles. The van der Waals surface area contributed by atoms with Crippen molar-refractivity contribution in [3.05, 3.63) is 107 Å². The molecule has 12 saturated carbocycles. The maximum atomic E-state index is 5.45. The maximum Gasteiger partial charge on any atom is 4.00 e. The molecule has 576 valence electrons. The van der Waals surface area contributed by atoms with Crippen LogP contribution in [0.5, 0.6) is 0 Å². The van der Waals surface area contributed by atoms with E-state index >= 15 is 0 Å². The molecule has 0 spiro atoms. The fourth-order valence-electron chi connectivity index (χ4n) is 24.5. The Bertz CT molecular complexity index is 1920. The second kappa shape index (κ2) is 48.6. The average Bonchev–Trinajstić information content (AvgIpc) is 1.61. The molecular weight excluding hydrogens is 1490 g/mol. The van der Waals surface area contributed by atoms with Gasteiger partial charge >= 0.3 is 102 Å². The second-order valence-corrected chi connectivity index (χ2v) is 52.9. The summed E-state index contributed by atoms with van der Waals surface area (Å²) in [6.07, 6.45) is 44.3. The summed E-state index contributed by atoms with van der Waals surface area (Å²) in [5.74, 6) is 16.9. The Morgan fingerprint density at radius 1 is 0.310 bits per heavy atom. The van der Waals surface area contributed by atoms with E-state index in [0.29, 0.717) is 0 Å². The molecule has 12 rings (SSSR count). The molecule has 0 aliphatic heterocycles. The minimum absolute atomic E-state index is 0. The molecule has 15 heteroatoms. The molecule has 0 heterocycles. The summed E-state index contributed by atoms with van der Waals surface area (Å²) >= 11 is -0.556. The van der Waals surface area contributed by atoms with E-state index in [-0.39, 0.29) is 145 Å². The summed E-state index contributed by atoms with van der Waals surface area (Å²) in [6, 6.07) is 0. The van der Waals surface area contributed by atoms with Crippen LogP contribution in [-0.4, -0.2) is 92.6 Å². The third-order valence-electron chi connectivity index (χ3n) is 26.9. The number of rotatable bonds is 6. The molecule has 12 aliphatic carbocycles. The molecule has 18 atom stereocenters. The zero-order valence-corrected chi connectivity index (χ0v) is 82.7. The summed E-state index contributed by atoms with van der Waals surface area (Å²) in [7, 11) is 12.2. The number of hydrogen-bond donors (Lipinski definition) is 0. The largest absolute Gasteiger partial charge is 4.00 e. The van der Waals surface area contributed by atoms with Crippen LogP contribution in [0, 0.1) is 151 Å². The van der Waals surface area contributed by atoms with E-state index in [4.69, 9.17) is 53.3 Å². The number of halogens is 3. The zero-order chi connectivity index (χ0) is 66.3. The first kappa shape index (κ1) is 110. The van der Waals surface area contributed by atoms with Gasteiger partial charge in [0, 0.05) is 0 Å². The first-order chi connectivity index (χ1) is 42.3. The van der Waals surface area contributed by atoms with Crippen LogP contribution in [0.3, 0.4) is 0 Å². The summed E-state index contributed by atoms with van der Waals surface area (Å²) in [5, 5.41) is 7.00. The van der Waals surface area contributed by atoms with E-state index < -0.39 is 41.7 Å². The molecule has 12 aliphatic rings. The molecule has 18 unspecified atom stereocenters. The predicted octanol–water partition coefficient (Wildman–Crippen LogP) is 25.8. The monoisotopic (exact) mass is 1650 g/mol. The van der Waals surface area contributed by atoms with Crippen molar-refractivity contribution >= 4 is 66.4 Å². The Hall–Kier alpha value is 3.64. The molecule has 5 nitrogen and oxygen atoms in total. The second-order valence-electron chi connectivity index (χ2n) is 37.3. The normalized spacial score (nSPS) is 35.2. The zero-order valence-electron chi connectivity index (χ0n) is 70.5. The Morgan fingerprint density at radius 2 is 0.430 bits per heavy atom. The first-order valence-electron chi connectivity index (χ1n) is 38.5. The van der Waals surface area contributed by atoms with Crippen molar-refractivity contribution in [1.82, 2.24) is 0 Å². The van der Waals surface area contributed by atoms with Crippen LogP contribution in [-0.2, 0) is 60.5 Å². The van der Waals surface area contributed by atoms with E-state index in [9.17, 15) is 0 Å². The van der Waals surface area contributed by atoms with E-state index in [1.165, 1.54) is 193 Å². The Morgan fingerprint density at radius 3 is 0.550 bits per heavy atom. The van der Waals surface area contributed by atoms with Gasteiger partial charge in [-0.2, -0.15) is 28.2 Å². The number of allylic oxidation sites excluding steroid dienone is 3. The van der Waals surface area contributed by atoms with Crippen molar-refractivity contribution in [2.75, 3.05) is 28.2 Å². The average molecular weight is 1660 g/mol. The molecule has 100 heavy (non-hydrogen) atoms. The van der Waals surface area contributed by atoms with Gasteiger partial charge in [-0.15, -0.1) is 16.6 Å². The van der Waals surface area contributed by atoms with Gasteiger partial charge in [0.25, 0.3) is 0 Å². The van der Waals surface area contributed by atoms with Crippen LogP contribution in [0.25, 0.3) is 25.6 Å². The fourth-order valence-corrected chi connectivity index (χ4v) is 35.3. The van der Waals surface area contributed by atoms with Crippen molar-refractivity contribution in [2.24, 2.45) is 107 Å². The quantitative estimate of drug-likeness (QED) is 0.144.